The van der Waals surface area contributed by atoms with Gasteiger partial charge in [0.25, 0.3) is 5.71 Å². The zero-order valence-electron chi connectivity index (χ0n) is 10.1. The summed E-state index contributed by atoms with van der Waals surface area (Å²) in [4.78, 5) is 15.9. The van der Waals surface area contributed by atoms with Gasteiger partial charge in [0.1, 0.15) is 12.1 Å². The van der Waals surface area contributed by atoms with Crippen molar-refractivity contribution >= 4 is 11.7 Å². The van der Waals surface area contributed by atoms with E-state index in [1.807, 2.05) is 0 Å². The summed E-state index contributed by atoms with van der Waals surface area (Å²) in [5, 5.41) is 20.2. The second-order valence-corrected chi connectivity index (χ2v) is 4.09. The molecule has 0 bridgehead atoms. The molecule has 6 nitrogen and oxygen atoms in total. The van der Waals surface area contributed by atoms with E-state index in [-0.39, 0.29) is 6.61 Å². The fourth-order valence-corrected chi connectivity index (χ4v) is 1.84. The summed E-state index contributed by atoms with van der Waals surface area (Å²) in [6, 6.07) is 3.27. The van der Waals surface area contributed by atoms with E-state index in [4.69, 9.17) is 15.3 Å². The van der Waals surface area contributed by atoms with Gasteiger partial charge >= 0.3 is 5.97 Å². The van der Waals surface area contributed by atoms with E-state index >= 15 is 0 Å². The van der Waals surface area contributed by atoms with Crippen LogP contribution in [0.25, 0.3) is 0 Å². The highest BCUT2D eigenvalue weighted by atomic mass is 16.6. The lowest BCUT2D eigenvalue weighted by molar-refractivity contribution is -0.137. The van der Waals surface area contributed by atoms with Crippen molar-refractivity contribution in [3.05, 3.63) is 0 Å². The van der Waals surface area contributed by atoms with E-state index < -0.39 is 11.7 Å². The molecule has 0 aromatic heterocycles. The molecule has 0 atom stereocenters. The predicted molar refractivity (Wildman–Crippen MR) is 62.1 cm³/mol. The van der Waals surface area contributed by atoms with E-state index in [0.717, 1.165) is 25.7 Å². The number of hydrogen-bond donors (Lipinski definition) is 0. The summed E-state index contributed by atoms with van der Waals surface area (Å²) in [5.74, 6) is -0.413. The summed E-state index contributed by atoms with van der Waals surface area (Å²) in [6.07, 6.45) is 5.66. The van der Waals surface area contributed by atoms with Crippen LogP contribution >= 0.6 is 0 Å². The molecule has 0 N–H and O–H groups in total. The topological polar surface area (TPSA) is 95.5 Å². The molecule has 0 amide bonds. The molecule has 0 aromatic rings. The van der Waals surface area contributed by atoms with Crippen molar-refractivity contribution in [3.8, 4) is 12.1 Å². The molecule has 6 heteroatoms. The Kier molecular flexibility index (Phi) is 6.27. The molecule has 0 aromatic carbocycles. The Balaban J connectivity index is 2.35. The molecular weight excluding hydrogens is 234 g/mol. The van der Waals surface area contributed by atoms with E-state index in [1.54, 1.807) is 12.1 Å². The second kappa shape index (κ2) is 8.08. The maximum Gasteiger partial charge on any atom is 0.371 e. The largest absolute Gasteiger partial charge is 0.460 e. The molecule has 1 aliphatic rings. The molecule has 1 aliphatic carbocycles. The van der Waals surface area contributed by atoms with Crippen LogP contribution in [0.5, 0.6) is 0 Å². The van der Waals surface area contributed by atoms with Crippen LogP contribution in [0.15, 0.2) is 5.16 Å². The van der Waals surface area contributed by atoms with Gasteiger partial charge in [-0.05, 0) is 18.8 Å². The second-order valence-electron chi connectivity index (χ2n) is 4.09. The molecule has 1 fully saturated rings. The van der Waals surface area contributed by atoms with Gasteiger partial charge in [-0.1, -0.05) is 24.4 Å². The Morgan fingerprint density at radius 1 is 1.28 bits per heavy atom. The van der Waals surface area contributed by atoms with Crippen LogP contribution in [-0.4, -0.2) is 24.9 Å². The van der Waals surface area contributed by atoms with Crippen LogP contribution in [0.1, 0.15) is 32.1 Å². The number of nitrogens with zero attached hydrogens (tertiary/aromatic N) is 3. The predicted octanol–water partition coefficient (Wildman–Crippen LogP) is 1.53. The molecule has 0 spiro atoms. The van der Waals surface area contributed by atoms with E-state index in [0.29, 0.717) is 12.5 Å². The minimum Gasteiger partial charge on any atom is -0.460 e. The Labute approximate surface area is 106 Å². The molecule has 0 heterocycles. The first-order valence-corrected chi connectivity index (χ1v) is 5.92. The van der Waals surface area contributed by atoms with Crippen LogP contribution in [0.4, 0.5) is 0 Å². The Bertz CT molecular complexity index is 386. The van der Waals surface area contributed by atoms with E-state index in [2.05, 4.69) is 9.99 Å². The van der Waals surface area contributed by atoms with Crippen molar-refractivity contribution in [1.82, 2.24) is 0 Å². The van der Waals surface area contributed by atoms with Gasteiger partial charge < -0.3 is 9.57 Å². The van der Waals surface area contributed by atoms with Crippen LogP contribution in [0.2, 0.25) is 0 Å². The van der Waals surface area contributed by atoms with Crippen molar-refractivity contribution in [2.24, 2.45) is 11.1 Å². The SMILES string of the molecule is N#CCON=C(C#N)C(=O)OCC1CCCCC1. The normalized spacial score (nSPS) is 16.4. The number of hydrogen-bond acceptors (Lipinski definition) is 6. The monoisotopic (exact) mass is 249 g/mol. The van der Waals surface area contributed by atoms with Gasteiger partial charge in [0.15, 0.2) is 0 Å². The van der Waals surface area contributed by atoms with E-state index in [1.165, 1.54) is 6.42 Å². The Hall–Kier alpha value is -2.08. The lowest BCUT2D eigenvalue weighted by Crippen LogP contribution is -2.21. The molecule has 0 radical (unpaired) electrons. The minimum atomic E-state index is -0.791. The number of carbonyl (C=O) groups excluding carboxylic acids is 1. The first-order valence-electron chi connectivity index (χ1n) is 5.92. The molecule has 96 valence electrons. The molecule has 0 saturated heterocycles. The van der Waals surface area contributed by atoms with Gasteiger partial charge in [0.2, 0.25) is 6.61 Å². The van der Waals surface area contributed by atoms with Crippen molar-refractivity contribution < 1.29 is 14.4 Å². The van der Waals surface area contributed by atoms with Crippen molar-refractivity contribution in [1.29, 1.82) is 10.5 Å². The van der Waals surface area contributed by atoms with Gasteiger partial charge in [-0.3, -0.25) is 0 Å². The third kappa shape index (κ3) is 4.84. The average Bonchev–Trinajstić information content (AvgIpc) is 2.42. The highest BCUT2D eigenvalue weighted by molar-refractivity contribution is 6.42. The number of esters is 1. The minimum absolute atomic E-state index is 0.304. The highest BCUT2D eigenvalue weighted by Gasteiger charge is 2.18. The summed E-state index contributed by atoms with van der Waals surface area (Å²) < 4.78 is 5.01. The van der Waals surface area contributed by atoms with Gasteiger partial charge in [0.05, 0.1) is 6.61 Å². The number of oxime groups is 1. The lowest BCUT2D eigenvalue weighted by Gasteiger charge is -2.20. The number of rotatable bonds is 5. The quantitative estimate of drug-likeness (QED) is 0.318. The zero-order chi connectivity index (χ0) is 13.2. The van der Waals surface area contributed by atoms with Crippen molar-refractivity contribution in [3.63, 3.8) is 0 Å². The molecular formula is C12H15N3O3. The number of ether oxygens (including phenoxy) is 1. The third-order valence-corrected chi connectivity index (χ3v) is 2.76. The Morgan fingerprint density at radius 3 is 2.61 bits per heavy atom. The number of carbonyl (C=O) groups is 1. The third-order valence-electron chi connectivity index (χ3n) is 2.76. The smallest absolute Gasteiger partial charge is 0.371 e. The number of nitriles is 2. The van der Waals surface area contributed by atoms with Gasteiger partial charge in [0, 0.05) is 0 Å². The first kappa shape index (κ1) is 14.0. The summed E-state index contributed by atoms with van der Waals surface area (Å²) >= 11 is 0. The van der Waals surface area contributed by atoms with Crippen LogP contribution in [0, 0.1) is 28.6 Å². The van der Waals surface area contributed by atoms with Crippen LogP contribution in [-0.2, 0) is 14.4 Å². The maximum absolute atomic E-state index is 11.5. The summed E-state index contributed by atoms with van der Waals surface area (Å²) in [5.41, 5.74) is -0.457. The fraction of sp³-hybridized carbons (Fsp3) is 0.667. The molecule has 18 heavy (non-hydrogen) atoms. The van der Waals surface area contributed by atoms with Gasteiger partial charge in [-0.2, -0.15) is 10.5 Å². The highest BCUT2D eigenvalue weighted by Crippen LogP contribution is 2.23. The zero-order valence-corrected chi connectivity index (χ0v) is 10.1. The molecule has 1 rings (SSSR count). The average molecular weight is 249 g/mol. The molecule has 0 aliphatic heterocycles. The first-order chi connectivity index (χ1) is 8.77. The standard InChI is InChI=1S/C12H15N3O3/c13-6-7-18-15-11(8-14)12(16)17-9-10-4-2-1-3-5-10/h10H,1-5,7,9H2. The Morgan fingerprint density at radius 2 is 2.00 bits per heavy atom. The fourth-order valence-electron chi connectivity index (χ4n) is 1.84. The van der Waals surface area contributed by atoms with Gasteiger partial charge in [-0.15, -0.1) is 0 Å². The van der Waals surface area contributed by atoms with Crippen LogP contribution < -0.4 is 0 Å². The lowest BCUT2D eigenvalue weighted by atomic mass is 9.90. The molecule has 1 saturated carbocycles. The van der Waals surface area contributed by atoms with Gasteiger partial charge in [-0.25, -0.2) is 4.79 Å². The van der Waals surface area contributed by atoms with Crippen molar-refractivity contribution in [2.45, 2.75) is 32.1 Å². The van der Waals surface area contributed by atoms with Crippen molar-refractivity contribution in [2.75, 3.05) is 13.2 Å². The van der Waals surface area contributed by atoms with Crippen LogP contribution in [0.3, 0.4) is 0 Å². The summed E-state index contributed by atoms with van der Waals surface area (Å²) in [6.45, 7) is 0.0128. The van der Waals surface area contributed by atoms with E-state index in [9.17, 15) is 4.79 Å². The molecule has 0 unspecified atom stereocenters. The summed E-state index contributed by atoms with van der Waals surface area (Å²) in [7, 11) is 0. The maximum atomic E-state index is 11.5.